The molecule has 2 aromatic carbocycles. The molecule has 0 radical (unpaired) electrons. The fourth-order valence-corrected chi connectivity index (χ4v) is 3.26. The molecule has 0 unspecified atom stereocenters. The van der Waals surface area contributed by atoms with Gasteiger partial charge in [0.05, 0.1) is 11.5 Å². The molecule has 0 aliphatic carbocycles. The van der Waals surface area contributed by atoms with Crippen molar-refractivity contribution in [2.45, 2.75) is 0 Å². The van der Waals surface area contributed by atoms with Crippen molar-refractivity contribution in [2.75, 3.05) is 42.9 Å². The molecule has 3 rings (SSSR count). The molecule has 7 nitrogen and oxygen atoms in total. The minimum atomic E-state index is -0.575. The number of hydrogen-bond acceptors (Lipinski definition) is 5. The summed E-state index contributed by atoms with van der Waals surface area (Å²) in [6.45, 7) is 3.33. The molecule has 0 atom stereocenters. The number of carbonyl (C=O) groups excluding carboxylic acids is 1. The molecule has 0 aromatic heterocycles. The lowest BCUT2D eigenvalue weighted by Crippen LogP contribution is -2.48. The second-order valence-electron chi connectivity index (χ2n) is 6.21. The molecule has 1 aliphatic rings. The highest BCUT2D eigenvalue weighted by Crippen LogP contribution is 2.27. The number of nitrogens with one attached hydrogen (secondary N) is 1. The van der Waals surface area contributed by atoms with E-state index in [0.29, 0.717) is 10.7 Å². The van der Waals surface area contributed by atoms with Gasteiger partial charge in [0.15, 0.2) is 0 Å². The number of nitro benzene ring substituents is 1. The Balaban J connectivity index is 1.52. The maximum atomic E-state index is 12.3. The first-order chi connectivity index (χ1) is 12.9. The highest BCUT2D eigenvalue weighted by Gasteiger charge is 2.20. The number of halogens is 2. The van der Waals surface area contributed by atoms with E-state index in [4.69, 9.17) is 23.2 Å². The summed E-state index contributed by atoms with van der Waals surface area (Å²) in [5.41, 5.74) is 1.24. The van der Waals surface area contributed by atoms with Crippen molar-refractivity contribution in [3.8, 4) is 0 Å². The van der Waals surface area contributed by atoms with Gasteiger partial charge in [-0.25, -0.2) is 0 Å². The van der Waals surface area contributed by atoms with Crippen LogP contribution in [0.1, 0.15) is 0 Å². The van der Waals surface area contributed by atoms with Crippen molar-refractivity contribution >= 4 is 46.2 Å². The third-order valence-corrected chi connectivity index (χ3v) is 4.93. The smallest absolute Gasteiger partial charge is 0.289 e. The van der Waals surface area contributed by atoms with Crippen LogP contribution in [0.2, 0.25) is 10.0 Å². The Morgan fingerprint density at radius 2 is 1.74 bits per heavy atom. The van der Waals surface area contributed by atoms with Gasteiger partial charge < -0.3 is 10.2 Å². The quantitative estimate of drug-likeness (QED) is 0.602. The molecule has 1 heterocycles. The number of amides is 1. The molecule has 0 spiro atoms. The predicted octanol–water partition coefficient (Wildman–Crippen LogP) is 3.66. The third kappa shape index (κ3) is 5.09. The lowest BCUT2D eigenvalue weighted by molar-refractivity contribution is -0.384. The van der Waals surface area contributed by atoms with Crippen molar-refractivity contribution in [1.29, 1.82) is 0 Å². The minimum Gasteiger partial charge on any atom is -0.369 e. The summed E-state index contributed by atoms with van der Waals surface area (Å²) < 4.78 is 0. The Kier molecular flexibility index (Phi) is 6.15. The molecule has 1 fully saturated rings. The van der Waals surface area contributed by atoms with Gasteiger partial charge in [-0.05, 0) is 36.4 Å². The van der Waals surface area contributed by atoms with E-state index in [9.17, 15) is 14.9 Å². The van der Waals surface area contributed by atoms with Gasteiger partial charge in [0.2, 0.25) is 5.91 Å². The van der Waals surface area contributed by atoms with Gasteiger partial charge in [-0.1, -0.05) is 23.2 Å². The number of rotatable bonds is 5. The number of hydrogen-bond donors (Lipinski definition) is 1. The number of nitro groups is 1. The maximum Gasteiger partial charge on any atom is 0.289 e. The SMILES string of the molecule is O=C(CN1CCN(c2ccc(Cl)cc2)CC1)Nc1ccc(Cl)c([N+](=O)[O-])c1. The monoisotopic (exact) mass is 408 g/mol. The molecule has 1 saturated heterocycles. The van der Waals surface area contributed by atoms with E-state index in [1.807, 2.05) is 29.2 Å². The summed E-state index contributed by atoms with van der Waals surface area (Å²) in [5, 5.41) is 14.4. The Hall–Kier alpha value is -2.35. The average Bonchev–Trinajstić information content (AvgIpc) is 2.64. The molecule has 27 heavy (non-hydrogen) atoms. The van der Waals surface area contributed by atoms with E-state index >= 15 is 0 Å². The first-order valence-corrected chi connectivity index (χ1v) is 9.14. The van der Waals surface area contributed by atoms with Crippen LogP contribution in [0.25, 0.3) is 0 Å². The molecule has 1 amide bonds. The Morgan fingerprint density at radius 1 is 1.07 bits per heavy atom. The van der Waals surface area contributed by atoms with Gasteiger partial charge in [-0.2, -0.15) is 0 Å². The van der Waals surface area contributed by atoms with Crippen LogP contribution in [0, 0.1) is 10.1 Å². The van der Waals surface area contributed by atoms with Crippen molar-refractivity contribution in [2.24, 2.45) is 0 Å². The Bertz CT molecular complexity index is 837. The second kappa shape index (κ2) is 8.56. The summed E-state index contributed by atoms with van der Waals surface area (Å²) in [6.07, 6.45) is 0. The Labute approximate surface area is 166 Å². The first kappa shape index (κ1) is 19.4. The van der Waals surface area contributed by atoms with Gasteiger partial charge in [-0.15, -0.1) is 0 Å². The van der Waals surface area contributed by atoms with E-state index in [-0.39, 0.29) is 23.2 Å². The highest BCUT2D eigenvalue weighted by atomic mass is 35.5. The van der Waals surface area contributed by atoms with Crippen LogP contribution >= 0.6 is 23.2 Å². The number of piperazine rings is 1. The van der Waals surface area contributed by atoms with Gasteiger partial charge in [0.1, 0.15) is 5.02 Å². The maximum absolute atomic E-state index is 12.3. The summed E-state index contributed by atoms with van der Waals surface area (Å²) in [4.78, 5) is 26.9. The lowest BCUT2D eigenvalue weighted by Gasteiger charge is -2.35. The van der Waals surface area contributed by atoms with E-state index in [2.05, 4.69) is 10.2 Å². The molecule has 0 bridgehead atoms. The van der Waals surface area contributed by atoms with E-state index < -0.39 is 4.92 Å². The highest BCUT2D eigenvalue weighted by molar-refractivity contribution is 6.32. The third-order valence-electron chi connectivity index (χ3n) is 4.36. The van der Waals surface area contributed by atoms with Gasteiger partial charge in [-0.3, -0.25) is 19.8 Å². The largest absolute Gasteiger partial charge is 0.369 e. The van der Waals surface area contributed by atoms with Crippen LogP contribution < -0.4 is 10.2 Å². The zero-order valence-electron chi connectivity index (χ0n) is 14.4. The zero-order chi connectivity index (χ0) is 19.4. The molecular weight excluding hydrogens is 391 g/mol. The van der Waals surface area contributed by atoms with Crippen molar-refractivity contribution in [3.63, 3.8) is 0 Å². The van der Waals surface area contributed by atoms with E-state index in [1.54, 1.807) is 6.07 Å². The molecule has 1 N–H and O–H groups in total. The molecule has 1 aliphatic heterocycles. The summed E-state index contributed by atoms with van der Waals surface area (Å²) in [7, 11) is 0. The molecule has 9 heteroatoms. The second-order valence-corrected chi connectivity index (χ2v) is 7.05. The van der Waals surface area contributed by atoms with Crippen molar-refractivity contribution < 1.29 is 9.72 Å². The van der Waals surface area contributed by atoms with E-state index in [1.165, 1.54) is 12.1 Å². The van der Waals surface area contributed by atoms with Crippen LogP contribution in [-0.4, -0.2) is 48.5 Å². The van der Waals surface area contributed by atoms with Crippen molar-refractivity contribution in [1.82, 2.24) is 4.90 Å². The molecular formula is C18H18Cl2N4O3. The van der Waals surface area contributed by atoms with Crippen molar-refractivity contribution in [3.05, 3.63) is 62.6 Å². The van der Waals surface area contributed by atoms with Crippen LogP contribution in [0.4, 0.5) is 17.1 Å². The summed E-state index contributed by atoms with van der Waals surface area (Å²) >= 11 is 11.7. The first-order valence-electron chi connectivity index (χ1n) is 8.39. The molecule has 142 valence electrons. The fraction of sp³-hybridized carbons (Fsp3) is 0.278. The normalized spacial score (nSPS) is 14.8. The zero-order valence-corrected chi connectivity index (χ0v) is 15.9. The molecule has 0 saturated carbocycles. The summed E-state index contributed by atoms with van der Waals surface area (Å²) in [6, 6.07) is 11.9. The van der Waals surface area contributed by atoms with Crippen LogP contribution in [0.15, 0.2) is 42.5 Å². The standard InChI is InChI=1S/C18H18Cl2N4O3/c19-13-1-4-15(5-2-13)23-9-7-22(8-10-23)12-18(25)21-14-3-6-16(20)17(11-14)24(26)27/h1-6,11H,7-10,12H2,(H,21,25). The molecule has 2 aromatic rings. The number of anilines is 2. The topological polar surface area (TPSA) is 78.7 Å². The minimum absolute atomic E-state index is 0.0383. The van der Waals surface area contributed by atoms with Gasteiger partial charge in [0, 0.05) is 48.6 Å². The number of benzene rings is 2. The van der Waals surface area contributed by atoms with E-state index in [0.717, 1.165) is 31.9 Å². The van der Waals surface area contributed by atoms with Gasteiger partial charge >= 0.3 is 0 Å². The van der Waals surface area contributed by atoms with Crippen LogP contribution in [0.3, 0.4) is 0 Å². The Morgan fingerprint density at radius 3 is 2.37 bits per heavy atom. The van der Waals surface area contributed by atoms with Gasteiger partial charge in [0.25, 0.3) is 5.69 Å². The van der Waals surface area contributed by atoms with Crippen LogP contribution in [-0.2, 0) is 4.79 Å². The number of nitrogens with zero attached hydrogens (tertiary/aromatic N) is 3. The summed E-state index contributed by atoms with van der Waals surface area (Å²) in [5.74, 6) is -0.216. The number of carbonyl (C=O) groups is 1. The fourth-order valence-electron chi connectivity index (χ4n) is 2.95. The average molecular weight is 409 g/mol. The van der Waals surface area contributed by atoms with Crippen LogP contribution in [0.5, 0.6) is 0 Å². The lowest BCUT2D eigenvalue weighted by atomic mass is 10.2. The predicted molar refractivity (Wildman–Crippen MR) is 107 cm³/mol.